The predicted molar refractivity (Wildman–Crippen MR) is 93.4 cm³/mol. The summed E-state index contributed by atoms with van der Waals surface area (Å²) in [5.74, 6) is 0.720. The monoisotopic (exact) mass is 322 g/mol. The Kier molecular flexibility index (Phi) is 3.87. The molecule has 116 valence electrons. The summed E-state index contributed by atoms with van der Waals surface area (Å²) in [7, 11) is 0. The SMILES string of the molecule is CC(N=Nc1ncnc2sc3c(c12)CCCC3)c1ccccc1. The van der Waals surface area contributed by atoms with Crippen molar-refractivity contribution in [3.63, 3.8) is 0 Å². The van der Waals surface area contributed by atoms with E-state index in [-0.39, 0.29) is 6.04 Å². The molecule has 1 aliphatic rings. The third-order valence-corrected chi connectivity index (χ3v) is 5.54. The summed E-state index contributed by atoms with van der Waals surface area (Å²) < 4.78 is 0. The normalized spacial score (nSPS) is 15.9. The second-order valence-electron chi connectivity index (χ2n) is 5.89. The minimum absolute atomic E-state index is 0.0238. The summed E-state index contributed by atoms with van der Waals surface area (Å²) >= 11 is 1.79. The van der Waals surface area contributed by atoms with Crippen molar-refractivity contribution in [2.24, 2.45) is 10.2 Å². The van der Waals surface area contributed by atoms with Gasteiger partial charge in [-0.1, -0.05) is 30.3 Å². The van der Waals surface area contributed by atoms with Crippen LogP contribution in [0.3, 0.4) is 0 Å². The van der Waals surface area contributed by atoms with Gasteiger partial charge in [0.25, 0.3) is 0 Å². The van der Waals surface area contributed by atoms with Crippen molar-refractivity contribution in [3.8, 4) is 0 Å². The van der Waals surface area contributed by atoms with Crippen LogP contribution in [-0.4, -0.2) is 9.97 Å². The molecule has 0 spiro atoms. The highest BCUT2D eigenvalue weighted by Gasteiger charge is 2.19. The molecular formula is C18H18N4S. The molecule has 0 radical (unpaired) electrons. The molecule has 1 atom stereocenters. The number of fused-ring (bicyclic) bond motifs is 3. The maximum atomic E-state index is 4.48. The number of azo groups is 1. The summed E-state index contributed by atoms with van der Waals surface area (Å²) in [4.78, 5) is 11.3. The highest BCUT2D eigenvalue weighted by atomic mass is 32.1. The van der Waals surface area contributed by atoms with Gasteiger partial charge in [0.05, 0.1) is 11.4 Å². The molecule has 4 nitrogen and oxygen atoms in total. The molecule has 23 heavy (non-hydrogen) atoms. The van der Waals surface area contributed by atoms with Gasteiger partial charge in [0.1, 0.15) is 11.2 Å². The average molecular weight is 322 g/mol. The number of hydrogen-bond acceptors (Lipinski definition) is 5. The number of hydrogen-bond donors (Lipinski definition) is 0. The van der Waals surface area contributed by atoms with Crippen LogP contribution in [0.15, 0.2) is 46.9 Å². The van der Waals surface area contributed by atoms with E-state index in [1.165, 1.54) is 23.3 Å². The van der Waals surface area contributed by atoms with Crippen LogP contribution in [0.2, 0.25) is 0 Å². The molecule has 0 saturated heterocycles. The molecule has 1 aliphatic carbocycles. The molecule has 2 heterocycles. The minimum atomic E-state index is 0.0238. The summed E-state index contributed by atoms with van der Waals surface area (Å²) in [6.07, 6.45) is 6.39. The van der Waals surface area contributed by atoms with Gasteiger partial charge in [0, 0.05) is 4.88 Å². The summed E-state index contributed by atoms with van der Waals surface area (Å²) in [6.45, 7) is 2.06. The number of thiophene rings is 1. The molecular weight excluding hydrogens is 304 g/mol. The minimum Gasteiger partial charge on any atom is -0.225 e. The van der Waals surface area contributed by atoms with Crippen molar-refractivity contribution in [3.05, 3.63) is 52.7 Å². The molecule has 4 rings (SSSR count). The first-order valence-electron chi connectivity index (χ1n) is 8.04. The molecule has 3 aromatic rings. The smallest absolute Gasteiger partial charge is 0.186 e. The molecule has 0 saturated carbocycles. The standard InChI is InChI=1S/C18H18N4S/c1-12(13-7-3-2-4-8-13)21-22-17-16-14-9-5-6-10-15(14)23-18(16)20-11-19-17/h2-4,7-8,11-12H,5-6,9-10H2,1H3. The van der Waals surface area contributed by atoms with Crippen molar-refractivity contribution in [2.45, 2.75) is 38.6 Å². The van der Waals surface area contributed by atoms with Crippen LogP contribution < -0.4 is 0 Å². The molecule has 1 unspecified atom stereocenters. The van der Waals surface area contributed by atoms with Gasteiger partial charge in [-0.05, 0) is 43.7 Å². The van der Waals surface area contributed by atoms with Gasteiger partial charge in [-0.2, -0.15) is 5.11 Å². The maximum Gasteiger partial charge on any atom is 0.186 e. The predicted octanol–water partition coefficient (Wildman–Crippen LogP) is 5.42. The molecule has 2 aromatic heterocycles. The summed E-state index contributed by atoms with van der Waals surface area (Å²) in [6, 6.07) is 10.2. The van der Waals surface area contributed by atoms with E-state index >= 15 is 0 Å². The second kappa shape index (κ2) is 6.16. The lowest BCUT2D eigenvalue weighted by atomic mass is 9.97. The molecule has 0 aliphatic heterocycles. The Hall–Kier alpha value is -2.14. The number of aryl methyl sites for hydroxylation is 2. The Morgan fingerprint density at radius 3 is 2.78 bits per heavy atom. The van der Waals surface area contributed by atoms with Crippen LogP contribution in [0.25, 0.3) is 10.2 Å². The zero-order valence-corrected chi connectivity index (χ0v) is 13.9. The lowest BCUT2D eigenvalue weighted by Crippen LogP contribution is -1.98. The Labute approximate surface area is 139 Å². The van der Waals surface area contributed by atoms with Crippen molar-refractivity contribution < 1.29 is 0 Å². The van der Waals surface area contributed by atoms with Gasteiger partial charge in [0.2, 0.25) is 0 Å². The Morgan fingerprint density at radius 2 is 1.91 bits per heavy atom. The molecule has 0 N–H and O–H groups in total. The first-order chi connectivity index (χ1) is 11.3. The molecule has 0 amide bonds. The maximum absolute atomic E-state index is 4.48. The quantitative estimate of drug-likeness (QED) is 0.605. The number of nitrogens with zero attached hydrogens (tertiary/aromatic N) is 4. The molecule has 5 heteroatoms. The first-order valence-corrected chi connectivity index (χ1v) is 8.85. The molecule has 0 bridgehead atoms. The Morgan fingerprint density at radius 1 is 1.09 bits per heavy atom. The lowest BCUT2D eigenvalue weighted by Gasteiger charge is -2.10. The van der Waals surface area contributed by atoms with Crippen LogP contribution in [0.1, 0.15) is 41.8 Å². The zero-order chi connectivity index (χ0) is 15.6. The van der Waals surface area contributed by atoms with Crippen molar-refractivity contribution >= 4 is 27.4 Å². The molecule has 0 fully saturated rings. The average Bonchev–Trinajstić information content (AvgIpc) is 2.99. The van der Waals surface area contributed by atoms with Gasteiger partial charge in [0.15, 0.2) is 5.82 Å². The van der Waals surface area contributed by atoms with Gasteiger partial charge in [-0.25, -0.2) is 9.97 Å². The van der Waals surface area contributed by atoms with E-state index in [0.29, 0.717) is 0 Å². The highest BCUT2D eigenvalue weighted by molar-refractivity contribution is 7.18. The summed E-state index contributed by atoms with van der Waals surface area (Å²) in [5, 5.41) is 10.1. The topological polar surface area (TPSA) is 50.5 Å². The van der Waals surface area contributed by atoms with E-state index in [1.807, 2.05) is 18.2 Å². The summed E-state index contributed by atoms with van der Waals surface area (Å²) in [5.41, 5.74) is 2.56. The first kappa shape index (κ1) is 14.5. The van der Waals surface area contributed by atoms with Gasteiger partial charge < -0.3 is 0 Å². The van der Waals surface area contributed by atoms with Crippen molar-refractivity contribution in [2.75, 3.05) is 0 Å². The van der Waals surface area contributed by atoms with Crippen LogP contribution in [0.4, 0.5) is 5.82 Å². The van der Waals surface area contributed by atoms with Gasteiger partial charge >= 0.3 is 0 Å². The Bertz CT molecular complexity index is 854. The van der Waals surface area contributed by atoms with Crippen molar-refractivity contribution in [1.29, 1.82) is 0 Å². The fourth-order valence-electron chi connectivity index (χ4n) is 3.09. The lowest BCUT2D eigenvalue weighted by molar-refractivity contribution is 0.700. The third kappa shape index (κ3) is 2.77. The van der Waals surface area contributed by atoms with E-state index < -0.39 is 0 Å². The number of rotatable bonds is 3. The van der Waals surface area contributed by atoms with Crippen LogP contribution in [-0.2, 0) is 12.8 Å². The fraction of sp³-hybridized carbons (Fsp3) is 0.333. The highest BCUT2D eigenvalue weighted by Crippen LogP contribution is 2.39. The van der Waals surface area contributed by atoms with Crippen molar-refractivity contribution in [1.82, 2.24) is 9.97 Å². The third-order valence-electron chi connectivity index (χ3n) is 4.34. The fourth-order valence-corrected chi connectivity index (χ4v) is 4.31. The largest absolute Gasteiger partial charge is 0.225 e. The number of benzene rings is 1. The molecule has 1 aromatic carbocycles. The number of aromatic nitrogens is 2. The van der Waals surface area contributed by atoms with E-state index in [9.17, 15) is 0 Å². The van der Waals surface area contributed by atoms with Crippen LogP contribution in [0, 0.1) is 0 Å². The van der Waals surface area contributed by atoms with Crippen LogP contribution in [0.5, 0.6) is 0 Å². The van der Waals surface area contributed by atoms with E-state index in [4.69, 9.17) is 0 Å². The second-order valence-corrected chi connectivity index (χ2v) is 6.97. The van der Waals surface area contributed by atoms with E-state index in [2.05, 4.69) is 39.3 Å². The van der Waals surface area contributed by atoms with E-state index in [0.717, 1.165) is 34.4 Å². The van der Waals surface area contributed by atoms with Gasteiger partial charge in [-0.3, -0.25) is 0 Å². The Balaban J connectivity index is 1.71. The zero-order valence-electron chi connectivity index (χ0n) is 13.1. The van der Waals surface area contributed by atoms with Crippen LogP contribution >= 0.6 is 11.3 Å². The van der Waals surface area contributed by atoms with Gasteiger partial charge in [-0.15, -0.1) is 16.5 Å². The van der Waals surface area contributed by atoms with E-state index in [1.54, 1.807) is 17.7 Å².